The van der Waals surface area contributed by atoms with Crippen LogP contribution >= 0.6 is 0 Å². The largest absolute Gasteiger partial charge is 0.495 e. The van der Waals surface area contributed by atoms with Crippen LogP contribution in [-0.4, -0.2) is 31.4 Å². The molecule has 0 N–H and O–H groups in total. The Bertz CT molecular complexity index is 1370. The number of methoxy groups -OCH3 is 1. The van der Waals surface area contributed by atoms with Crippen molar-refractivity contribution < 1.29 is 17.9 Å². The molecule has 34 heavy (non-hydrogen) atoms. The van der Waals surface area contributed by atoms with E-state index >= 15 is 0 Å². The number of ether oxygens (including phenoxy) is 1. The summed E-state index contributed by atoms with van der Waals surface area (Å²) in [6, 6.07) is 7.88. The van der Waals surface area contributed by atoms with Crippen LogP contribution in [-0.2, 0) is 6.54 Å². The minimum absolute atomic E-state index is 0.356. The minimum atomic E-state index is -1.46. The monoisotopic (exact) mass is 465 g/mol. The minimum Gasteiger partial charge on any atom is -0.495 e. The SMILES string of the molecule is COc1cc(C=Cc2nc3n(n2)CCC[C@H]3c2cc(F)c(F)c(F)c2)ccc1-n1cnc(C)c1. The average molecular weight is 465 g/mol. The molecule has 0 fully saturated rings. The van der Waals surface area contributed by atoms with Gasteiger partial charge in [-0.05, 0) is 61.2 Å². The van der Waals surface area contributed by atoms with Crippen molar-refractivity contribution in [2.24, 2.45) is 0 Å². The molecule has 1 aliphatic rings. The van der Waals surface area contributed by atoms with Gasteiger partial charge in [0.15, 0.2) is 23.3 Å². The highest BCUT2D eigenvalue weighted by molar-refractivity contribution is 5.69. The third-order valence-corrected chi connectivity index (χ3v) is 5.92. The molecule has 2 aromatic heterocycles. The van der Waals surface area contributed by atoms with Gasteiger partial charge in [0.2, 0.25) is 0 Å². The molecule has 0 aliphatic carbocycles. The lowest BCUT2D eigenvalue weighted by atomic mass is 9.91. The number of imidazole rings is 1. The summed E-state index contributed by atoms with van der Waals surface area (Å²) >= 11 is 0. The first-order valence-electron chi connectivity index (χ1n) is 10.9. The molecule has 2 aromatic carbocycles. The van der Waals surface area contributed by atoms with Crippen molar-refractivity contribution in [3.63, 3.8) is 0 Å². The molecule has 9 heteroatoms. The van der Waals surface area contributed by atoms with E-state index in [9.17, 15) is 13.2 Å². The number of hydrogen-bond donors (Lipinski definition) is 0. The second kappa shape index (κ2) is 8.81. The van der Waals surface area contributed by atoms with Crippen LogP contribution < -0.4 is 4.74 Å². The van der Waals surface area contributed by atoms with Crippen molar-refractivity contribution in [1.29, 1.82) is 0 Å². The van der Waals surface area contributed by atoms with Crippen molar-refractivity contribution >= 4 is 12.2 Å². The van der Waals surface area contributed by atoms with E-state index in [0.29, 0.717) is 35.9 Å². The van der Waals surface area contributed by atoms with Gasteiger partial charge in [0, 0.05) is 18.7 Å². The van der Waals surface area contributed by atoms with Crippen LogP contribution in [0.25, 0.3) is 17.8 Å². The Hall–Kier alpha value is -3.88. The molecule has 6 nitrogen and oxygen atoms in total. The Kier molecular flexibility index (Phi) is 5.69. The molecule has 4 aromatic rings. The van der Waals surface area contributed by atoms with Gasteiger partial charge in [-0.2, -0.15) is 5.10 Å². The number of halogens is 3. The normalized spacial score (nSPS) is 15.6. The summed E-state index contributed by atoms with van der Waals surface area (Å²) < 4.78 is 50.2. The molecule has 0 amide bonds. The zero-order chi connectivity index (χ0) is 23.8. The van der Waals surface area contributed by atoms with Gasteiger partial charge in [-0.15, -0.1) is 0 Å². The first-order valence-corrected chi connectivity index (χ1v) is 10.9. The van der Waals surface area contributed by atoms with Crippen LogP contribution in [0.5, 0.6) is 5.75 Å². The molecule has 1 aliphatic heterocycles. The maximum Gasteiger partial charge on any atom is 0.194 e. The van der Waals surface area contributed by atoms with Crippen LogP contribution in [0.4, 0.5) is 13.2 Å². The van der Waals surface area contributed by atoms with Crippen LogP contribution in [0.2, 0.25) is 0 Å². The van der Waals surface area contributed by atoms with E-state index in [4.69, 9.17) is 4.74 Å². The number of aromatic nitrogens is 5. The summed E-state index contributed by atoms with van der Waals surface area (Å²) in [6.07, 6.45) is 8.73. The Balaban J connectivity index is 1.42. The summed E-state index contributed by atoms with van der Waals surface area (Å²) in [5.41, 5.74) is 3.03. The second-order valence-corrected chi connectivity index (χ2v) is 8.23. The zero-order valence-corrected chi connectivity index (χ0v) is 18.7. The smallest absolute Gasteiger partial charge is 0.194 e. The number of nitrogens with zero attached hydrogens (tertiary/aromatic N) is 5. The first kappa shape index (κ1) is 21.9. The predicted molar refractivity (Wildman–Crippen MR) is 121 cm³/mol. The maximum atomic E-state index is 13.8. The Morgan fingerprint density at radius 2 is 1.88 bits per heavy atom. The highest BCUT2D eigenvalue weighted by Gasteiger charge is 2.27. The van der Waals surface area contributed by atoms with Crippen molar-refractivity contribution in [2.75, 3.05) is 7.11 Å². The van der Waals surface area contributed by atoms with Gasteiger partial charge >= 0.3 is 0 Å². The fourth-order valence-electron chi connectivity index (χ4n) is 4.27. The van der Waals surface area contributed by atoms with E-state index in [1.807, 2.05) is 42.0 Å². The summed E-state index contributed by atoms with van der Waals surface area (Å²) in [7, 11) is 1.61. The molecular weight excluding hydrogens is 443 g/mol. The lowest BCUT2D eigenvalue weighted by Gasteiger charge is -2.22. The molecule has 0 saturated heterocycles. The van der Waals surface area contributed by atoms with Crippen molar-refractivity contribution in [2.45, 2.75) is 32.2 Å². The number of hydrogen-bond acceptors (Lipinski definition) is 4. The highest BCUT2D eigenvalue weighted by atomic mass is 19.2. The predicted octanol–water partition coefficient (Wildman–Crippen LogP) is 5.29. The molecule has 0 spiro atoms. The third-order valence-electron chi connectivity index (χ3n) is 5.92. The van der Waals surface area contributed by atoms with E-state index in [1.54, 1.807) is 24.2 Å². The van der Waals surface area contributed by atoms with Gasteiger partial charge in [-0.25, -0.2) is 27.8 Å². The number of rotatable bonds is 5. The summed E-state index contributed by atoms with van der Waals surface area (Å²) in [4.78, 5) is 8.85. The zero-order valence-electron chi connectivity index (χ0n) is 18.7. The van der Waals surface area contributed by atoms with Gasteiger partial charge in [-0.3, -0.25) is 0 Å². The van der Waals surface area contributed by atoms with Crippen LogP contribution in [0.3, 0.4) is 0 Å². The molecule has 0 saturated carbocycles. The lowest BCUT2D eigenvalue weighted by molar-refractivity contribution is 0.413. The van der Waals surface area contributed by atoms with Gasteiger partial charge < -0.3 is 9.30 Å². The molecule has 1 atom stereocenters. The molecular formula is C25H22F3N5O. The van der Waals surface area contributed by atoms with Crippen LogP contribution in [0.1, 0.15) is 47.2 Å². The van der Waals surface area contributed by atoms with E-state index < -0.39 is 17.5 Å². The molecule has 174 valence electrons. The van der Waals surface area contributed by atoms with E-state index in [1.165, 1.54) is 0 Å². The van der Waals surface area contributed by atoms with Crippen molar-refractivity contribution in [3.8, 4) is 11.4 Å². The molecule has 0 radical (unpaired) electrons. The summed E-state index contributed by atoms with van der Waals surface area (Å²) in [6.45, 7) is 2.58. The Labute approximate surface area is 194 Å². The van der Waals surface area contributed by atoms with Crippen LogP contribution in [0, 0.1) is 24.4 Å². The molecule has 3 heterocycles. The Morgan fingerprint density at radius 1 is 1.09 bits per heavy atom. The third kappa shape index (κ3) is 4.09. The van der Waals surface area contributed by atoms with E-state index in [2.05, 4.69) is 15.1 Å². The second-order valence-electron chi connectivity index (χ2n) is 8.23. The van der Waals surface area contributed by atoms with Crippen molar-refractivity contribution in [3.05, 3.63) is 88.8 Å². The Morgan fingerprint density at radius 3 is 2.59 bits per heavy atom. The number of benzene rings is 2. The molecule has 5 rings (SSSR count). The van der Waals surface area contributed by atoms with Gasteiger partial charge in [-0.1, -0.05) is 12.1 Å². The lowest BCUT2D eigenvalue weighted by Crippen LogP contribution is -2.18. The summed E-state index contributed by atoms with van der Waals surface area (Å²) in [5, 5.41) is 4.53. The average Bonchev–Trinajstić information content (AvgIpc) is 3.46. The quantitative estimate of drug-likeness (QED) is 0.376. The standard InChI is InChI=1S/C25H22F3N5O/c1-15-13-32(14-29-15)21-7-5-16(10-22(21)34-2)6-8-23-30-25-18(4-3-9-33(25)31-23)17-11-19(26)24(28)20(27)12-17/h5-8,10-14,18H,3-4,9H2,1-2H3/t18-/m0/s1. The van der Waals surface area contributed by atoms with Crippen LogP contribution in [0.15, 0.2) is 42.9 Å². The fraction of sp³-hybridized carbons (Fsp3) is 0.240. The van der Waals surface area contributed by atoms with Crippen molar-refractivity contribution in [1.82, 2.24) is 24.3 Å². The first-order chi connectivity index (χ1) is 16.4. The number of fused-ring (bicyclic) bond motifs is 1. The van der Waals surface area contributed by atoms with Gasteiger partial charge in [0.1, 0.15) is 11.6 Å². The fourth-order valence-corrected chi connectivity index (χ4v) is 4.27. The van der Waals surface area contributed by atoms with Gasteiger partial charge in [0.05, 0.1) is 24.8 Å². The number of aryl methyl sites for hydroxylation is 2. The van der Waals surface area contributed by atoms with E-state index in [0.717, 1.165) is 35.5 Å². The molecule has 0 bridgehead atoms. The van der Waals surface area contributed by atoms with Gasteiger partial charge in [0.25, 0.3) is 0 Å². The topological polar surface area (TPSA) is 57.8 Å². The molecule has 0 unspecified atom stereocenters. The highest BCUT2D eigenvalue weighted by Crippen LogP contribution is 2.34. The maximum absolute atomic E-state index is 13.8. The summed E-state index contributed by atoms with van der Waals surface area (Å²) in [5.74, 6) is -2.43. The van der Waals surface area contributed by atoms with E-state index in [-0.39, 0.29) is 5.92 Å².